The van der Waals surface area contributed by atoms with Crippen molar-refractivity contribution in [3.8, 4) is 11.5 Å². The van der Waals surface area contributed by atoms with Gasteiger partial charge in [0.25, 0.3) is 0 Å². The van der Waals surface area contributed by atoms with Crippen molar-refractivity contribution in [1.29, 1.82) is 0 Å². The summed E-state index contributed by atoms with van der Waals surface area (Å²) in [6.07, 6.45) is -17.7. The highest BCUT2D eigenvalue weighted by molar-refractivity contribution is 5.86. The van der Waals surface area contributed by atoms with Gasteiger partial charge in [-0.2, -0.15) is 0 Å². The summed E-state index contributed by atoms with van der Waals surface area (Å²) in [4.78, 5) is 26.4. The molecular weight excluding hydrogens is 732 g/mol. The summed E-state index contributed by atoms with van der Waals surface area (Å²) < 4.78 is 32.4. The summed E-state index contributed by atoms with van der Waals surface area (Å²) in [6.45, 7) is -2.02. The zero-order valence-electron chi connectivity index (χ0n) is 29.1. The van der Waals surface area contributed by atoms with Crippen LogP contribution in [0.3, 0.4) is 0 Å². The number of aliphatic hydroxyl groups is 10. The van der Waals surface area contributed by atoms with E-state index in [0.29, 0.717) is 11.1 Å². The molecule has 0 aliphatic carbocycles. The molecule has 0 bridgehead atoms. The first-order chi connectivity index (χ1) is 26.2. The second-order valence-corrected chi connectivity index (χ2v) is 13.1. The van der Waals surface area contributed by atoms with Gasteiger partial charge in [0.05, 0.1) is 19.6 Å². The van der Waals surface area contributed by atoms with Crippen LogP contribution < -0.4 is 9.47 Å². The molecule has 10 N–H and O–H groups in total. The van der Waals surface area contributed by atoms with Crippen LogP contribution in [-0.2, 0) is 41.8 Å². The lowest BCUT2D eigenvalue weighted by Crippen LogP contribution is -2.60. The minimum absolute atomic E-state index is 0.111. The minimum atomic E-state index is -2.80. The Balaban J connectivity index is 1.18. The molecule has 0 spiro atoms. The summed E-state index contributed by atoms with van der Waals surface area (Å²) in [7, 11) is 0. The van der Waals surface area contributed by atoms with Gasteiger partial charge in [0.2, 0.25) is 18.2 Å². The quantitative estimate of drug-likeness (QED) is 0.0725. The SMILES string of the molecule is O=C(C[C@](O)(C(=O)OCc1ccc(OC2O[C@H](CO)[C@@H](O)[C@H](O)[C@H]2O)cc1)C(O)c1ccccc1)OCc1ccc(OC2O[C@H](CO)[C@@H](O)[C@H](O)[C@H]2O)cc1. The molecule has 2 aliphatic heterocycles. The predicted molar refractivity (Wildman–Crippen MR) is 182 cm³/mol. The van der Waals surface area contributed by atoms with Gasteiger partial charge in [0.1, 0.15) is 79.6 Å². The standard InChI is InChI=1S/C37H44O18/c38-15-24-27(41)29(43)31(45)34(54-24)52-22-10-6-19(7-11-22)17-50-26(40)14-37(49,33(47)21-4-2-1-3-5-21)36(48)51-18-20-8-12-23(13-9-20)53-35-32(46)30(44)28(42)25(16-39)55-35/h1-13,24-25,27-35,38-39,41-47,49H,14-18H2/t24-,25-,27-,28-,29+,30+,31-,32-,33?,34?,35?,37-/m1/s1. The van der Waals surface area contributed by atoms with E-state index in [0.717, 1.165) is 0 Å². The fraction of sp³-hybridized carbons (Fsp3) is 0.459. The van der Waals surface area contributed by atoms with E-state index in [-0.39, 0.29) is 23.7 Å². The second kappa shape index (κ2) is 18.6. The molecule has 0 saturated carbocycles. The van der Waals surface area contributed by atoms with Crippen molar-refractivity contribution >= 4 is 11.9 Å². The van der Waals surface area contributed by atoms with Crippen LogP contribution in [0.15, 0.2) is 78.9 Å². The molecule has 2 aliphatic rings. The van der Waals surface area contributed by atoms with Crippen LogP contribution in [0.4, 0.5) is 0 Å². The Morgan fingerprint density at radius 3 is 1.49 bits per heavy atom. The first kappa shape index (κ1) is 41.9. The van der Waals surface area contributed by atoms with Crippen LogP contribution in [0.1, 0.15) is 29.2 Å². The van der Waals surface area contributed by atoms with Gasteiger partial charge >= 0.3 is 11.9 Å². The number of esters is 2. The molecule has 2 fully saturated rings. The number of aliphatic hydroxyl groups excluding tert-OH is 9. The van der Waals surface area contributed by atoms with E-state index < -0.39 is 111 Å². The molecule has 3 aromatic rings. The topological polar surface area (TPSA) is 292 Å². The molecule has 3 aromatic carbocycles. The monoisotopic (exact) mass is 776 g/mol. The van der Waals surface area contributed by atoms with E-state index >= 15 is 0 Å². The minimum Gasteiger partial charge on any atom is -0.462 e. The average molecular weight is 777 g/mol. The van der Waals surface area contributed by atoms with E-state index in [1.54, 1.807) is 18.2 Å². The van der Waals surface area contributed by atoms with Crippen LogP contribution >= 0.6 is 0 Å². The zero-order valence-corrected chi connectivity index (χ0v) is 29.1. The summed E-state index contributed by atoms with van der Waals surface area (Å²) >= 11 is 0. The van der Waals surface area contributed by atoms with Crippen molar-refractivity contribution in [1.82, 2.24) is 0 Å². The van der Waals surface area contributed by atoms with Crippen LogP contribution in [0, 0.1) is 0 Å². The molecule has 300 valence electrons. The van der Waals surface area contributed by atoms with E-state index in [9.17, 15) is 60.7 Å². The largest absolute Gasteiger partial charge is 0.462 e. The first-order valence-corrected chi connectivity index (χ1v) is 17.2. The Hall–Kier alpha value is -4.28. The molecule has 55 heavy (non-hydrogen) atoms. The van der Waals surface area contributed by atoms with Crippen LogP contribution in [0.5, 0.6) is 11.5 Å². The maximum absolute atomic E-state index is 13.4. The van der Waals surface area contributed by atoms with E-state index in [1.807, 2.05) is 0 Å². The molecule has 18 nitrogen and oxygen atoms in total. The Bertz CT molecular complexity index is 1670. The van der Waals surface area contributed by atoms with Crippen molar-refractivity contribution in [2.45, 2.75) is 92.8 Å². The van der Waals surface area contributed by atoms with E-state index in [2.05, 4.69) is 0 Å². The summed E-state index contributed by atoms with van der Waals surface area (Å²) in [5.41, 5.74) is -1.87. The fourth-order valence-corrected chi connectivity index (χ4v) is 5.83. The van der Waals surface area contributed by atoms with Crippen molar-refractivity contribution < 1.29 is 89.1 Å². The third kappa shape index (κ3) is 9.94. The van der Waals surface area contributed by atoms with Crippen LogP contribution in [0.25, 0.3) is 0 Å². The lowest BCUT2D eigenvalue weighted by Gasteiger charge is -2.39. The molecular formula is C37H44O18. The molecule has 12 atom stereocenters. The Labute approximate surface area is 313 Å². The van der Waals surface area contributed by atoms with Crippen molar-refractivity contribution in [2.24, 2.45) is 0 Å². The lowest BCUT2D eigenvalue weighted by molar-refractivity contribution is -0.277. The summed E-state index contributed by atoms with van der Waals surface area (Å²) in [5, 5.41) is 102. The van der Waals surface area contributed by atoms with Crippen LogP contribution in [-0.4, -0.2) is 143 Å². The number of hydrogen-bond donors (Lipinski definition) is 10. The van der Waals surface area contributed by atoms with Crippen LogP contribution in [0.2, 0.25) is 0 Å². The smallest absolute Gasteiger partial charge is 0.342 e. The van der Waals surface area contributed by atoms with Gasteiger partial charge in [-0.3, -0.25) is 4.79 Å². The highest BCUT2D eigenvalue weighted by Crippen LogP contribution is 2.32. The van der Waals surface area contributed by atoms with Gasteiger partial charge in [0, 0.05) is 0 Å². The fourth-order valence-electron chi connectivity index (χ4n) is 5.83. The van der Waals surface area contributed by atoms with Gasteiger partial charge in [-0.1, -0.05) is 54.6 Å². The van der Waals surface area contributed by atoms with E-state index in [4.69, 9.17) is 28.4 Å². The van der Waals surface area contributed by atoms with Crippen molar-refractivity contribution in [3.63, 3.8) is 0 Å². The number of carbonyl (C=O) groups excluding carboxylic acids is 2. The van der Waals surface area contributed by atoms with Crippen molar-refractivity contribution in [3.05, 3.63) is 95.6 Å². The maximum Gasteiger partial charge on any atom is 0.342 e. The summed E-state index contributed by atoms with van der Waals surface area (Å²) in [5.74, 6) is -2.09. The second-order valence-electron chi connectivity index (χ2n) is 13.1. The molecule has 0 amide bonds. The molecule has 2 saturated heterocycles. The van der Waals surface area contributed by atoms with Gasteiger partial charge in [-0.15, -0.1) is 0 Å². The number of benzene rings is 3. The van der Waals surface area contributed by atoms with E-state index in [1.165, 1.54) is 60.7 Å². The first-order valence-electron chi connectivity index (χ1n) is 17.2. The molecule has 0 radical (unpaired) electrons. The van der Waals surface area contributed by atoms with Gasteiger partial charge in [0.15, 0.2) is 0 Å². The third-order valence-corrected chi connectivity index (χ3v) is 9.15. The highest BCUT2D eigenvalue weighted by atomic mass is 16.7. The lowest BCUT2D eigenvalue weighted by atomic mass is 9.88. The number of rotatable bonds is 15. The molecule has 3 unspecified atom stereocenters. The van der Waals surface area contributed by atoms with Gasteiger partial charge < -0.3 is 79.5 Å². The number of hydrogen-bond acceptors (Lipinski definition) is 18. The summed E-state index contributed by atoms with van der Waals surface area (Å²) in [6, 6.07) is 19.3. The maximum atomic E-state index is 13.4. The predicted octanol–water partition coefficient (Wildman–Crippen LogP) is -2.31. The molecule has 0 aromatic heterocycles. The average Bonchev–Trinajstić information content (AvgIpc) is 3.20. The Morgan fingerprint density at radius 1 is 0.618 bits per heavy atom. The highest BCUT2D eigenvalue weighted by Gasteiger charge is 2.49. The molecule has 5 rings (SSSR count). The molecule has 18 heteroatoms. The molecule has 2 heterocycles. The third-order valence-electron chi connectivity index (χ3n) is 9.15. The Morgan fingerprint density at radius 2 is 1.05 bits per heavy atom. The number of carbonyl (C=O) groups is 2. The number of ether oxygens (including phenoxy) is 6. The normalized spacial score (nSPS) is 29.7. The van der Waals surface area contributed by atoms with Gasteiger partial charge in [-0.05, 0) is 41.0 Å². The zero-order chi connectivity index (χ0) is 39.9. The van der Waals surface area contributed by atoms with Gasteiger partial charge in [-0.25, -0.2) is 4.79 Å². The van der Waals surface area contributed by atoms with Crippen molar-refractivity contribution in [2.75, 3.05) is 13.2 Å². The Kier molecular flexibility index (Phi) is 14.1.